The van der Waals surface area contributed by atoms with E-state index >= 15 is 0 Å². The van der Waals surface area contributed by atoms with Crippen molar-refractivity contribution in [1.82, 2.24) is 5.32 Å². The van der Waals surface area contributed by atoms with Gasteiger partial charge in [-0.05, 0) is 63.8 Å². The summed E-state index contributed by atoms with van der Waals surface area (Å²) in [7, 11) is 0. The lowest BCUT2D eigenvalue weighted by Crippen LogP contribution is -2.30. The molecule has 5 unspecified atom stereocenters. The standard InChI is InChI=1S/C16H31FIN/c1-4-12(3)19-9-8-13(5-2)10-14-11-15(17)6-7-16(14)18/h12-16,19H,4-11H2,1-3H3. The minimum absolute atomic E-state index is 0.535. The van der Waals surface area contributed by atoms with E-state index in [1.807, 2.05) is 0 Å². The van der Waals surface area contributed by atoms with Crippen LogP contribution in [0.25, 0.3) is 0 Å². The largest absolute Gasteiger partial charge is 0.314 e. The molecule has 1 rings (SSSR count). The second-order valence-electron chi connectivity index (χ2n) is 6.25. The second-order valence-corrected chi connectivity index (χ2v) is 7.85. The van der Waals surface area contributed by atoms with Crippen molar-refractivity contribution < 1.29 is 4.39 Å². The predicted octanol–water partition coefficient (Wildman–Crippen LogP) is 5.12. The molecule has 0 aromatic carbocycles. The highest BCUT2D eigenvalue weighted by atomic mass is 127. The number of hydrogen-bond donors (Lipinski definition) is 1. The zero-order chi connectivity index (χ0) is 14.3. The summed E-state index contributed by atoms with van der Waals surface area (Å²) in [5, 5.41) is 3.58. The molecular formula is C16H31FIN. The molecule has 0 bridgehead atoms. The molecule has 5 atom stereocenters. The summed E-state index contributed by atoms with van der Waals surface area (Å²) >= 11 is 2.55. The van der Waals surface area contributed by atoms with Gasteiger partial charge in [-0.25, -0.2) is 4.39 Å². The van der Waals surface area contributed by atoms with Gasteiger partial charge in [-0.3, -0.25) is 0 Å². The number of hydrogen-bond acceptors (Lipinski definition) is 1. The van der Waals surface area contributed by atoms with Gasteiger partial charge in [-0.15, -0.1) is 0 Å². The van der Waals surface area contributed by atoms with E-state index < -0.39 is 6.17 Å². The SMILES string of the molecule is CCC(CCNC(C)CC)CC1CC(F)CCC1I. The lowest BCUT2D eigenvalue weighted by molar-refractivity contribution is 0.183. The van der Waals surface area contributed by atoms with Gasteiger partial charge in [0.2, 0.25) is 0 Å². The zero-order valence-corrected chi connectivity index (χ0v) is 15.0. The normalized spacial score (nSPS) is 31.1. The van der Waals surface area contributed by atoms with Crippen molar-refractivity contribution in [3.8, 4) is 0 Å². The predicted molar refractivity (Wildman–Crippen MR) is 90.8 cm³/mol. The van der Waals surface area contributed by atoms with Crippen LogP contribution in [0.15, 0.2) is 0 Å². The highest BCUT2D eigenvalue weighted by molar-refractivity contribution is 14.1. The summed E-state index contributed by atoms with van der Waals surface area (Å²) in [5.74, 6) is 1.38. The third-order valence-electron chi connectivity index (χ3n) is 4.70. The third kappa shape index (κ3) is 6.74. The molecule has 0 aromatic heterocycles. The van der Waals surface area contributed by atoms with Crippen LogP contribution in [0.1, 0.15) is 65.7 Å². The zero-order valence-electron chi connectivity index (χ0n) is 12.8. The molecule has 0 spiro atoms. The fourth-order valence-corrected chi connectivity index (χ4v) is 3.96. The van der Waals surface area contributed by atoms with Gasteiger partial charge in [0.25, 0.3) is 0 Å². The molecule has 1 aliphatic carbocycles. The van der Waals surface area contributed by atoms with Gasteiger partial charge < -0.3 is 5.32 Å². The molecule has 1 N–H and O–H groups in total. The van der Waals surface area contributed by atoms with Gasteiger partial charge in [-0.1, -0.05) is 42.9 Å². The molecule has 0 heterocycles. The Morgan fingerprint density at radius 1 is 1.26 bits per heavy atom. The molecular weight excluding hydrogens is 352 g/mol. The first-order valence-corrected chi connectivity index (χ1v) is 9.32. The first-order chi connectivity index (χ1) is 9.06. The quantitative estimate of drug-likeness (QED) is 0.453. The maximum Gasteiger partial charge on any atom is 0.100 e. The first kappa shape index (κ1) is 17.7. The van der Waals surface area contributed by atoms with E-state index in [4.69, 9.17) is 0 Å². The number of halogens is 2. The molecule has 1 nitrogen and oxygen atoms in total. The van der Waals surface area contributed by atoms with Crippen LogP contribution in [-0.2, 0) is 0 Å². The second kappa shape index (κ2) is 9.54. The Kier molecular flexibility index (Phi) is 8.87. The minimum Gasteiger partial charge on any atom is -0.314 e. The van der Waals surface area contributed by atoms with Gasteiger partial charge >= 0.3 is 0 Å². The van der Waals surface area contributed by atoms with Gasteiger partial charge in [0.15, 0.2) is 0 Å². The molecule has 1 saturated carbocycles. The van der Waals surface area contributed by atoms with Crippen molar-refractivity contribution in [2.24, 2.45) is 11.8 Å². The first-order valence-electron chi connectivity index (χ1n) is 8.08. The Morgan fingerprint density at radius 3 is 2.63 bits per heavy atom. The Bertz CT molecular complexity index is 237. The van der Waals surface area contributed by atoms with E-state index in [0.717, 1.165) is 31.7 Å². The van der Waals surface area contributed by atoms with Crippen LogP contribution in [0.3, 0.4) is 0 Å². The summed E-state index contributed by atoms with van der Waals surface area (Å²) in [6.07, 6.45) is 7.04. The molecule has 1 aliphatic rings. The lowest BCUT2D eigenvalue weighted by Gasteiger charge is -2.32. The van der Waals surface area contributed by atoms with Crippen LogP contribution in [0.4, 0.5) is 4.39 Å². The van der Waals surface area contributed by atoms with Crippen LogP contribution >= 0.6 is 22.6 Å². The van der Waals surface area contributed by atoms with Gasteiger partial charge in [-0.2, -0.15) is 0 Å². The average Bonchev–Trinajstić information content (AvgIpc) is 2.41. The Labute approximate surface area is 132 Å². The molecule has 0 aromatic rings. The maximum absolute atomic E-state index is 13.5. The van der Waals surface area contributed by atoms with E-state index in [1.54, 1.807) is 0 Å². The Hall–Kier alpha value is 0.620. The summed E-state index contributed by atoms with van der Waals surface area (Å²) in [6.45, 7) is 7.87. The van der Waals surface area contributed by atoms with Crippen LogP contribution in [0, 0.1) is 11.8 Å². The van der Waals surface area contributed by atoms with E-state index in [9.17, 15) is 4.39 Å². The molecule has 114 valence electrons. The highest BCUT2D eigenvalue weighted by Crippen LogP contribution is 2.37. The fourth-order valence-electron chi connectivity index (χ4n) is 3.01. The van der Waals surface area contributed by atoms with Crippen molar-refractivity contribution in [1.29, 1.82) is 0 Å². The van der Waals surface area contributed by atoms with Crippen LogP contribution in [0.5, 0.6) is 0 Å². The highest BCUT2D eigenvalue weighted by Gasteiger charge is 2.30. The van der Waals surface area contributed by atoms with Gasteiger partial charge in [0.05, 0.1) is 0 Å². The number of nitrogens with one attached hydrogen (secondary N) is 1. The average molecular weight is 383 g/mol. The van der Waals surface area contributed by atoms with Gasteiger partial charge in [0, 0.05) is 9.97 Å². The Balaban J connectivity index is 2.30. The summed E-state index contributed by atoms with van der Waals surface area (Å²) in [5.41, 5.74) is 0. The molecule has 0 aliphatic heterocycles. The summed E-state index contributed by atoms with van der Waals surface area (Å²) < 4.78 is 14.2. The van der Waals surface area contributed by atoms with Crippen molar-refractivity contribution in [3.63, 3.8) is 0 Å². The Morgan fingerprint density at radius 2 is 2.00 bits per heavy atom. The van der Waals surface area contributed by atoms with Crippen molar-refractivity contribution in [2.45, 2.75) is 81.9 Å². The van der Waals surface area contributed by atoms with E-state index in [0.29, 0.717) is 15.9 Å². The van der Waals surface area contributed by atoms with Crippen molar-refractivity contribution in [2.75, 3.05) is 6.54 Å². The molecule has 0 radical (unpaired) electrons. The summed E-state index contributed by atoms with van der Waals surface area (Å²) in [4.78, 5) is 0. The number of alkyl halides is 2. The molecule has 0 amide bonds. The van der Waals surface area contributed by atoms with Gasteiger partial charge in [0.1, 0.15) is 6.17 Å². The molecule has 1 fully saturated rings. The monoisotopic (exact) mass is 383 g/mol. The molecule has 3 heteroatoms. The molecule has 19 heavy (non-hydrogen) atoms. The maximum atomic E-state index is 13.5. The molecule has 0 saturated heterocycles. The fraction of sp³-hybridized carbons (Fsp3) is 1.00. The number of rotatable bonds is 8. The van der Waals surface area contributed by atoms with Crippen LogP contribution in [0.2, 0.25) is 0 Å². The minimum atomic E-state index is -0.535. The third-order valence-corrected chi connectivity index (χ3v) is 6.34. The summed E-state index contributed by atoms with van der Waals surface area (Å²) in [6, 6.07) is 0.625. The van der Waals surface area contributed by atoms with Crippen LogP contribution < -0.4 is 5.32 Å². The van der Waals surface area contributed by atoms with E-state index in [1.165, 1.54) is 25.7 Å². The van der Waals surface area contributed by atoms with Crippen molar-refractivity contribution >= 4 is 22.6 Å². The smallest absolute Gasteiger partial charge is 0.100 e. The van der Waals surface area contributed by atoms with Crippen LogP contribution in [-0.4, -0.2) is 22.7 Å². The van der Waals surface area contributed by atoms with E-state index in [-0.39, 0.29) is 0 Å². The topological polar surface area (TPSA) is 12.0 Å². The van der Waals surface area contributed by atoms with E-state index in [2.05, 4.69) is 48.7 Å². The lowest BCUT2D eigenvalue weighted by atomic mass is 9.80. The van der Waals surface area contributed by atoms with Crippen molar-refractivity contribution in [3.05, 3.63) is 0 Å².